The number of hydrogen-bond acceptors (Lipinski definition) is 3. The van der Waals surface area contributed by atoms with E-state index in [4.69, 9.17) is 23.2 Å². The maximum atomic E-state index is 12.9. The maximum Gasteiger partial charge on any atom is 0.263 e. The number of aliphatic hydroxyl groups is 1. The molecule has 1 aromatic heterocycles. The van der Waals surface area contributed by atoms with Gasteiger partial charge in [-0.2, -0.15) is 0 Å². The first-order chi connectivity index (χ1) is 13.5. The Balaban J connectivity index is 1.46. The number of carbonyl (C=O) groups excluding carboxylic acids is 1. The summed E-state index contributed by atoms with van der Waals surface area (Å²) in [5.74, 6) is 0.00135. The number of thiophene rings is 1. The normalized spacial score (nSPS) is 16.2. The minimum atomic E-state index is -0.917. The van der Waals surface area contributed by atoms with Crippen LogP contribution in [0.1, 0.15) is 28.1 Å². The van der Waals surface area contributed by atoms with Gasteiger partial charge in [-0.15, -0.1) is 11.3 Å². The Hall–Kier alpha value is -1.85. The van der Waals surface area contributed by atoms with Crippen LogP contribution in [-0.4, -0.2) is 29.0 Å². The Bertz CT molecular complexity index is 992. The number of carbonyl (C=O) groups is 1. The summed E-state index contributed by atoms with van der Waals surface area (Å²) in [4.78, 5) is 16.4. The average molecular weight is 432 g/mol. The molecule has 3 nitrogen and oxygen atoms in total. The minimum Gasteiger partial charge on any atom is -0.385 e. The first kappa shape index (κ1) is 19.5. The van der Waals surface area contributed by atoms with Gasteiger partial charge in [-0.25, -0.2) is 0 Å². The fourth-order valence-corrected chi connectivity index (χ4v) is 4.98. The van der Waals surface area contributed by atoms with Crippen LogP contribution < -0.4 is 0 Å². The SMILES string of the molecule is O=C(c1ccc(-c2ccccc2Cl)s1)N1CCC(O)(c2ccc(Cl)cc2)CC1. The van der Waals surface area contributed by atoms with Crippen molar-refractivity contribution in [2.45, 2.75) is 18.4 Å². The molecule has 1 saturated heterocycles. The molecule has 0 saturated carbocycles. The van der Waals surface area contributed by atoms with Crippen molar-refractivity contribution in [3.8, 4) is 10.4 Å². The van der Waals surface area contributed by atoms with Crippen LogP contribution in [0.3, 0.4) is 0 Å². The molecule has 1 amide bonds. The number of rotatable bonds is 3. The number of nitrogens with zero attached hydrogens (tertiary/aromatic N) is 1. The molecular formula is C22H19Cl2NO2S. The van der Waals surface area contributed by atoms with Gasteiger partial charge in [0.1, 0.15) is 0 Å². The molecule has 1 aliphatic rings. The van der Waals surface area contributed by atoms with Crippen LogP contribution in [0, 0.1) is 0 Å². The molecule has 1 N–H and O–H groups in total. The molecule has 28 heavy (non-hydrogen) atoms. The van der Waals surface area contributed by atoms with Crippen LogP contribution >= 0.6 is 34.5 Å². The fourth-order valence-electron chi connectivity index (χ4n) is 3.54. The summed E-state index contributed by atoms with van der Waals surface area (Å²) in [6.07, 6.45) is 1.01. The molecule has 1 fully saturated rings. The lowest BCUT2D eigenvalue weighted by molar-refractivity contribution is -0.0210. The van der Waals surface area contributed by atoms with Crippen molar-refractivity contribution in [1.82, 2.24) is 4.90 Å². The second kappa shape index (κ2) is 7.88. The zero-order chi connectivity index (χ0) is 19.7. The summed E-state index contributed by atoms with van der Waals surface area (Å²) >= 11 is 13.7. The summed E-state index contributed by atoms with van der Waals surface area (Å²) in [6.45, 7) is 1.02. The lowest BCUT2D eigenvalue weighted by Crippen LogP contribution is -2.45. The third kappa shape index (κ3) is 3.83. The van der Waals surface area contributed by atoms with Crippen LogP contribution in [0.2, 0.25) is 10.0 Å². The smallest absolute Gasteiger partial charge is 0.263 e. The average Bonchev–Trinajstić information content (AvgIpc) is 3.19. The largest absolute Gasteiger partial charge is 0.385 e. The van der Waals surface area contributed by atoms with Crippen molar-refractivity contribution in [1.29, 1.82) is 0 Å². The van der Waals surface area contributed by atoms with E-state index in [9.17, 15) is 9.90 Å². The van der Waals surface area contributed by atoms with Crippen LogP contribution in [-0.2, 0) is 5.60 Å². The van der Waals surface area contributed by atoms with E-state index in [1.54, 1.807) is 12.1 Å². The number of amides is 1. The van der Waals surface area contributed by atoms with Crippen LogP contribution in [0.4, 0.5) is 0 Å². The summed E-state index contributed by atoms with van der Waals surface area (Å²) in [7, 11) is 0. The Labute approximate surface area is 178 Å². The number of halogens is 2. The van der Waals surface area contributed by atoms with Crippen molar-refractivity contribution in [3.63, 3.8) is 0 Å². The third-order valence-electron chi connectivity index (χ3n) is 5.22. The van der Waals surface area contributed by atoms with Gasteiger partial charge in [0.2, 0.25) is 0 Å². The molecule has 2 heterocycles. The Morgan fingerprint density at radius 1 is 0.964 bits per heavy atom. The first-order valence-electron chi connectivity index (χ1n) is 9.09. The van der Waals surface area contributed by atoms with Crippen molar-refractivity contribution in [3.05, 3.63) is 81.1 Å². The van der Waals surface area contributed by atoms with E-state index >= 15 is 0 Å². The highest BCUT2D eigenvalue weighted by atomic mass is 35.5. The summed E-state index contributed by atoms with van der Waals surface area (Å²) in [5.41, 5.74) is 0.865. The molecule has 4 rings (SSSR count). The molecule has 3 aromatic rings. The van der Waals surface area contributed by atoms with Crippen molar-refractivity contribution >= 4 is 40.4 Å². The van der Waals surface area contributed by atoms with Crippen LogP contribution in [0.15, 0.2) is 60.7 Å². The van der Waals surface area contributed by atoms with Crippen LogP contribution in [0.5, 0.6) is 0 Å². The molecule has 0 unspecified atom stereocenters. The maximum absolute atomic E-state index is 12.9. The Morgan fingerprint density at radius 2 is 1.64 bits per heavy atom. The molecule has 1 aliphatic heterocycles. The monoisotopic (exact) mass is 431 g/mol. The predicted molar refractivity (Wildman–Crippen MR) is 115 cm³/mol. The third-order valence-corrected chi connectivity index (χ3v) is 6.90. The van der Waals surface area contributed by atoms with Gasteiger partial charge in [0.25, 0.3) is 5.91 Å². The predicted octanol–water partition coefficient (Wildman–Crippen LogP) is 5.85. The van der Waals surface area contributed by atoms with Crippen LogP contribution in [0.25, 0.3) is 10.4 Å². The molecule has 0 aliphatic carbocycles. The summed E-state index contributed by atoms with van der Waals surface area (Å²) in [6, 6.07) is 18.7. The highest BCUT2D eigenvalue weighted by Crippen LogP contribution is 2.36. The Morgan fingerprint density at radius 3 is 2.32 bits per heavy atom. The van der Waals surface area contributed by atoms with Gasteiger partial charge in [0.15, 0.2) is 0 Å². The van der Waals surface area contributed by atoms with Gasteiger partial charge in [-0.3, -0.25) is 4.79 Å². The molecule has 0 spiro atoms. The highest BCUT2D eigenvalue weighted by molar-refractivity contribution is 7.17. The first-order valence-corrected chi connectivity index (χ1v) is 10.7. The molecule has 0 bridgehead atoms. The summed E-state index contributed by atoms with van der Waals surface area (Å²) < 4.78 is 0. The fraction of sp³-hybridized carbons (Fsp3) is 0.227. The van der Waals surface area contributed by atoms with E-state index < -0.39 is 5.60 Å². The van der Waals surface area contributed by atoms with Gasteiger partial charge >= 0.3 is 0 Å². The van der Waals surface area contributed by atoms with Gasteiger partial charge < -0.3 is 10.0 Å². The van der Waals surface area contributed by atoms with E-state index in [-0.39, 0.29) is 5.91 Å². The van der Waals surface area contributed by atoms with E-state index in [0.717, 1.165) is 16.0 Å². The van der Waals surface area contributed by atoms with E-state index in [1.165, 1.54) is 11.3 Å². The van der Waals surface area contributed by atoms with E-state index in [2.05, 4.69) is 0 Å². The van der Waals surface area contributed by atoms with Crippen molar-refractivity contribution < 1.29 is 9.90 Å². The van der Waals surface area contributed by atoms with Gasteiger partial charge in [0, 0.05) is 33.6 Å². The lowest BCUT2D eigenvalue weighted by atomic mass is 9.84. The standard InChI is InChI=1S/C22H19Cl2NO2S/c23-16-7-5-15(6-8-16)22(27)11-13-25(14-12-22)21(26)20-10-9-19(28-20)17-3-1-2-4-18(17)24/h1-10,27H,11-14H2. The second-order valence-electron chi connectivity index (χ2n) is 6.97. The zero-order valence-electron chi connectivity index (χ0n) is 15.1. The van der Waals surface area contributed by atoms with E-state index in [1.807, 2.05) is 53.4 Å². The lowest BCUT2D eigenvalue weighted by Gasteiger charge is -2.38. The van der Waals surface area contributed by atoms with Crippen molar-refractivity contribution in [2.75, 3.05) is 13.1 Å². The quantitative estimate of drug-likeness (QED) is 0.565. The van der Waals surface area contributed by atoms with Gasteiger partial charge in [-0.1, -0.05) is 53.5 Å². The number of benzene rings is 2. The van der Waals surface area contributed by atoms with E-state index in [0.29, 0.717) is 40.9 Å². The molecular weight excluding hydrogens is 413 g/mol. The topological polar surface area (TPSA) is 40.5 Å². The minimum absolute atomic E-state index is 0.00135. The number of piperidine rings is 1. The highest BCUT2D eigenvalue weighted by Gasteiger charge is 2.35. The van der Waals surface area contributed by atoms with Gasteiger partial charge in [0.05, 0.1) is 10.5 Å². The zero-order valence-corrected chi connectivity index (χ0v) is 17.4. The molecule has 2 aromatic carbocycles. The molecule has 144 valence electrons. The summed E-state index contributed by atoms with van der Waals surface area (Å²) in [5, 5.41) is 12.3. The number of hydrogen-bond donors (Lipinski definition) is 1. The molecule has 0 radical (unpaired) electrons. The van der Waals surface area contributed by atoms with Gasteiger partial charge in [-0.05, 0) is 48.7 Å². The van der Waals surface area contributed by atoms with Crippen molar-refractivity contribution in [2.24, 2.45) is 0 Å². The second-order valence-corrected chi connectivity index (χ2v) is 8.90. The Kier molecular flexibility index (Phi) is 5.48. The molecule has 6 heteroatoms. The number of likely N-dealkylation sites (tertiary alicyclic amines) is 1. The molecule has 0 atom stereocenters.